The van der Waals surface area contributed by atoms with Crippen molar-refractivity contribution in [1.29, 1.82) is 0 Å². The van der Waals surface area contributed by atoms with Gasteiger partial charge in [0, 0.05) is 25.4 Å². The van der Waals surface area contributed by atoms with Crippen molar-refractivity contribution in [3.8, 4) is 0 Å². The second-order valence-corrected chi connectivity index (χ2v) is 5.82. The van der Waals surface area contributed by atoms with E-state index in [0.29, 0.717) is 36.1 Å². The van der Waals surface area contributed by atoms with Crippen molar-refractivity contribution in [2.75, 3.05) is 31.7 Å². The van der Waals surface area contributed by atoms with Gasteiger partial charge in [0.15, 0.2) is 5.11 Å². The number of ether oxygens (including phenoxy) is 2. The van der Waals surface area contributed by atoms with Gasteiger partial charge in [-0.3, -0.25) is 0 Å². The lowest BCUT2D eigenvalue weighted by Gasteiger charge is -2.12. The largest absolute Gasteiger partial charge is 0.379 e. The third kappa shape index (κ3) is 5.87. The van der Waals surface area contributed by atoms with Crippen LogP contribution in [0.25, 0.3) is 0 Å². The summed E-state index contributed by atoms with van der Waals surface area (Å²) in [5, 5.41) is 6.53. The SMILES string of the molecule is Cc1ccc(NC(=S)NCCCOC[C@H]2CCCO2)cc1F. The van der Waals surface area contributed by atoms with Crippen molar-refractivity contribution < 1.29 is 13.9 Å². The number of benzene rings is 1. The number of hydrogen-bond donors (Lipinski definition) is 2. The first-order chi connectivity index (χ1) is 10.6. The Balaban J connectivity index is 1.54. The highest BCUT2D eigenvalue weighted by molar-refractivity contribution is 7.80. The molecule has 6 heteroatoms. The van der Waals surface area contributed by atoms with Crippen molar-refractivity contribution in [3.63, 3.8) is 0 Å². The summed E-state index contributed by atoms with van der Waals surface area (Å²) in [6.07, 6.45) is 3.36. The van der Waals surface area contributed by atoms with Crippen LogP contribution in [0.5, 0.6) is 0 Å². The van der Waals surface area contributed by atoms with E-state index in [0.717, 1.165) is 25.9 Å². The third-order valence-electron chi connectivity index (χ3n) is 3.51. The highest BCUT2D eigenvalue weighted by Gasteiger charge is 2.14. The van der Waals surface area contributed by atoms with Crippen molar-refractivity contribution in [2.45, 2.75) is 32.3 Å². The quantitative estimate of drug-likeness (QED) is 0.595. The van der Waals surface area contributed by atoms with Crippen molar-refractivity contribution in [1.82, 2.24) is 5.32 Å². The molecule has 122 valence electrons. The van der Waals surface area contributed by atoms with E-state index in [1.54, 1.807) is 19.1 Å². The van der Waals surface area contributed by atoms with Crippen LogP contribution in [-0.4, -0.2) is 37.6 Å². The predicted molar refractivity (Wildman–Crippen MR) is 89.8 cm³/mol. The summed E-state index contributed by atoms with van der Waals surface area (Å²) in [4.78, 5) is 0. The van der Waals surface area contributed by atoms with Crippen LogP contribution in [0.2, 0.25) is 0 Å². The maximum atomic E-state index is 13.4. The molecule has 1 fully saturated rings. The molecule has 0 aromatic heterocycles. The molecular formula is C16H23FN2O2S. The molecule has 0 amide bonds. The van der Waals surface area contributed by atoms with Gasteiger partial charge in [-0.25, -0.2) is 4.39 Å². The number of rotatable bonds is 7. The first-order valence-electron chi connectivity index (χ1n) is 7.65. The highest BCUT2D eigenvalue weighted by atomic mass is 32.1. The van der Waals surface area contributed by atoms with Crippen molar-refractivity contribution in [3.05, 3.63) is 29.6 Å². The van der Waals surface area contributed by atoms with Crippen LogP contribution < -0.4 is 10.6 Å². The van der Waals surface area contributed by atoms with Gasteiger partial charge < -0.3 is 20.1 Å². The van der Waals surface area contributed by atoms with Crippen LogP contribution >= 0.6 is 12.2 Å². The first-order valence-corrected chi connectivity index (χ1v) is 8.06. The zero-order valence-corrected chi connectivity index (χ0v) is 13.7. The second kappa shape index (κ2) is 9.02. The average molecular weight is 326 g/mol. The van der Waals surface area contributed by atoms with Gasteiger partial charge in [-0.15, -0.1) is 0 Å². The normalized spacial score (nSPS) is 17.5. The Bertz CT molecular complexity index is 493. The van der Waals surface area contributed by atoms with Gasteiger partial charge in [0.05, 0.1) is 12.7 Å². The fourth-order valence-corrected chi connectivity index (χ4v) is 2.43. The minimum absolute atomic E-state index is 0.240. The van der Waals surface area contributed by atoms with E-state index in [1.807, 2.05) is 0 Å². The van der Waals surface area contributed by atoms with E-state index in [4.69, 9.17) is 21.7 Å². The molecule has 1 aromatic carbocycles. The molecule has 0 aliphatic carbocycles. The lowest BCUT2D eigenvalue weighted by atomic mass is 10.2. The maximum absolute atomic E-state index is 13.4. The summed E-state index contributed by atoms with van der Waals surface area (Å²) < 4.78 is 24.5. The van der Waals surface area contributed by atoms with E-state index >= 15 is 0 Å². The molecule has 0 bridgehead atoms. The van der Waals surface area contributed by atoms with Gasteiger partial charge in [0.2, 0.25) is 0 Å². The number of hydrogen-bond acceptors (Lipinski definition) is 3. The van der Waals surface area contributed by atoms with Crippen LogP contribution in [-0.2, 0) is 9.47 Å². The molecule has 2 rings (SSSR count). The molecule has 4 nitrogen and oxygen atoms in total. The molecule has 22 heavy (non-hydrogen) atoms. The van der Waals surface area contributed by atoms with Gasteiger partial charge in [-0.05, 0) is 56.1 Å². The van der Waals surface area contributed by atoms with Gasteiger partial charge in [0.25, 0.3) is 0 Å². The molecule has 0 spiro atoms. The van der Waals surface area contributed by atoms with Gasteiger partial charge >= 0.3 is 0 Å². The third-order valence-corrected chi connectivity index (χ3v) is 3.75. The van der Waals surface area contributed by atoms with Crippen LogP contribution in [0.3, 0.4) is 0 Å². The van der Waals surface area contributed by atoms with Crippen molar-refractivity contribution >= 4 is 23.0 Å². The Morgan fingerprint density at radius 2 is 2.36 bits per heavy atom. The summed E-state index contributed by atoms with van der Waals surface area (Å²) in [5.41, 5.74) is 1.27. The molecule has 0 radical (unpaired) electrons. The highest BCUT2D eigenvalue weighted by Crippen LogP contribution is 2.13. The second-order valence-electron chi connectivity index (χ2n) is 5.41. The van der Waals surface area contributed by atoms with Crippen LogP contribution in [0, 0.1) is 12.7 Å². The molecule has 1 aliphatic heterocycles. The molecule has 1 saturated heterocycles. The summed E-state index contributed by atoms with van der Waals surface area (Å²) in [6, 6.07) is 4.96. The Kier molecular flexibility index (Phi) is 7.02. The minimum Gasteiger partial charge on any atom is -0.379 e. The summed E-state index contributed by atoms with van der Waals surface area (Å²) in [6.45, 7) is 4.65. The molecule has 0 saturated carbocycles. The first kappa shape index (κ1) is 17.1. The summed E-state index contributed by atoms with van der Waals surface area (Å²) in [7, 11) is 0. The smallest absolute Gasteiger partial charge is 0.170 e. The number of aryl methyl sites for hydroxylation is 1. The van der Waals surface area contributed by atoms with E-state index in [2.05, 4.69) is 10.6 Å². The average Bonchev–Trinajstić information content (AvgIpc) is 3.00. The predicted octanol–water partition coefficient (Wildman–Crippen LogP) is 3.01. The topological polar surface area (TPSA) is 42.5 Å². The maximum Gasteiger partial charge on any atom is 0.170 e. The Labute approximate surface area is 136 Å². The number of anilines is 1. The lowest BCUT2D eigenvalue weighted by molar-refractivity contribution is 0.0168. The molecular weight excluding hydrogens is 303 g/mol. The van der Waals surface area contributed by atoms with E-state index in [9.17, 15) is 4.39 Å². The van der Waals surface area contributed by atoms with E-state index in [-0.39, 0.29) is 11.9 Å². The zero-order chi connectivity index (χ0) is 15.8. The fourth-order valence-electron chi connectivity index (χ4n) is 2.21. The molecule has 2 N–H and O–H groups in total. The Morgan fingerprint density at radius 3 is 3.09 bits per heavy atom. The lowest BCUT2D eigenvalue weighted by Crippen LogP contribution is -2.30. The summed E-state index contributed by atoms with van der Waals surface area (Å²) in [5.74, 6) is -0.240. The van der Waals surface area contributed by atoms with Crippen LogP contribution in [0.15, 0.2) is 18.2 Å². The standard InChI is InChI=1S/C16H23FN2O2S/c1-12-5-6-13(10-15(12)17)19-16(22)18-7-3-8-20-11-14-4-2-9-21-14/h5-6,10,14H,2-4,7-9,11H2,1H3,(H2,18,19,22)/t14-/m1/s1. The monoisotopic (exact) mass is 326 g/mol. The molecule has 0 unspecified atom stereocenters. The van der Waals surface area contributed by atoms with Crippen LogP contribution in [0.1, 0.15) is 24.8 Å². The van der Waals surface area contributed by atoms with Gasteiger partial charge in [-0.1, -0.05) is 6.07 Å². The van der Waals surface area contributed by atoms with Crippen LogP contribution in [0.4, 0.5) is 10.1 Å². The van der Waals surface area contributed by atoms with E-state index < -0.39 is 0 Å². The summed E-state index contributed by atoms with van der Waals surface area (Å²) >= 11 is 5.17. The zero-order valence-electron chi connectivity index (χ0n) is 12.9. The molecule has 1 aromatic rings. The Hall–Kier alpha value is -1.24. The Morgan fingerprint density at radius 1 is 1.50 bits per heavy atom. The minimum atomic E-state index is -0.240. The number of nitrogens with one attached hydrogen (secondary N) is 2. The van der Waals surface area contributed by atoms with Gasteiger partial charge in [0.1, 0.15) is 5.82 Å². The van der Waals surface area contributed by atoms with Gasteiger partial charge in [-0.2, -0.15) is 0 Å². The molecule has 1 heterocycles. The van der Waals surface area contributed by atoms with Crippen molar-refractivity contribution in [2.24, 2.45) is 0 Å². The number of thiocarbonyl (C=S) groups is 1. The molecule has 1 aliphatic rings. The number of halogens is 1. The fraction of sp³-hybridized carbons (Fsp3) is 0.562. The molecule has 1 atom stereocenters. The van der Waals surface area contributed by atoms with E-state index in [1.165, 1.54) is 6.07 Å².